The maximum absolute atomic E-state index is 6.68. The molecule has 0 atom stereocenters. The number of anilines is 3. The highest BCUT2D eigenvalue weighted by atomic mass is 16.5. The van der Waals surface area contributed by atoms with Gasteiger partial charge in [0.15, 0.2) is 0 Å². The zero-order valence-electron chi connectivity index (χ0n) is 44.8. The van der Waals surface area contributed by atoms with Crippen LogP contribution >= 0.6 is 0 Å². The Morgan fingerprint density at radius 1 is 0.280 bits per heavy atom. The minimum Gasteiger partial charge on any atom is -0.457 e. The molecule has 0 bridgehead atoms. The first-order valence-corrected chi connectivity index (χ1v) is 28.2. The van der Waals surface area contributed by atoms with Crippen LogP contribution in [0.25, 0.3) is 94.3 Å². The van der Waals surface area contributed by atoms with Crippen LogP contribution in [0.3, 0.4) is 0 Å². The summed E-state index contributed by atoms with van der Waals surface area (Å²) in [6.07, 6.45) is 0. The highest BCUT2D eigenvalue weighted by Crippen LogP contribution is 2.62. The molecule has 0 unspecified atom stereocenters. The Morgan fingerprint density at radius 2 is 0.744 bits per heavy atom. The molecule has 3 nitrogen and oxygen atoms in total. The summed E-state index contributed by atoms with van der Waals surface area (Å²) < 4.78 is 9.10. The first-order chi connectivity index (χ1) is 40.7. The van der Waals surface area contributed by atoms with Gasteiger partial charge in [-0.1, -0.05) is 249 Å². The maximum atomic E-state index is 6.68. The van der Waals surface area contributed by atoms with Crippen LogP contribution in [0.4, 0.5) is 17.1 Å². The van der Waals surface area contributed by atoms with Crippen molar-refractivity contribution in [1.82, 2.24) is 4.57 Å². The first kappa shape index (κ1) is 47.3. The van der Waals surface area contributed by atoms with Crippen LogP contribution in [0, 0.1) is 0 Å². The molecule has 2 heterocycles. The molecule has 1 aromatic heterocycles. The van der Waals surface area contributed by atoms with Crippen LogP contribution in [0.2, 0.25) is 0 Å². The fraction of sp³-hybridized carbons (Fsp3) is 0.0127. The normalized spacial score (nSPS) is 12.6. The third-order valence-electron chi connectivity index (χ3n) is 17.1. The standard InChI is InChI=1S/C79H52N2O/c1-3-22-54(23-4-1)60-26-7-8-27-62(60)63-28-9-10-29-64(63)67-31-12-17-38-74(67)80(59-49-44-55(45-50-59)61-33-21-34-69-68-32-13-18-39-75(68)81(78(61)69)57-24-5-2-6-25-57)58-47-42-53(43-48-58)56-46-51-66-65-30-11-14-35-70(65)79(73(66)52-56)71-36-15-19-40-76(71)82-77-41-20-16-37-72(77)79/h1-52H. The lowest BCUT2D eigenvalue weighted by Gasteiger charge is -2.39. The van der Waals surface area contributed by atoms with Crippen LogP contribution in [0.5, 0.6) is 11.5 Å². The van der Waals surface area contributed by atoms with E-state index in [-0.39, 0.29) is 0 Å². The van der Waals surface area contributed by atoms with Crippen LogP contribution in [0.15, 0.2) is 315 Å². The molecule has 0 fully saturated rings. The van der Waals surface area contributed by atoms with Gasteiger partial charge in [0.05, 0.1) is 22.1 Å². The van der Waals surface area contributed by atoms with Gasteiger partial charge in [0.2, 0.25) is 0 Å². The number of hydrogen-bond acceptors (Lipinski definition) is 2. The lowest BCUT2D eigenvalue weighted by atomic mass is 9.66. The Morgan fingerprint density at radius 3 is 1.44 bits per heavy atom. The van der Waals surface area contributed by atoms with Crippen LogP contribution in [-0.4, -0.2) is 4.57 Å². The molecule has 1 aliphatic carbocycles. The topological polar surface area (TPSA) is 17.4 Å². The number of fused-ring (bicyclic) bond motifs is 12. The number of hydrogen-bond donors (Lipinski definition) is 0. The Labute approximate surface area is 477 Å². The number of rotatable bonds is 9. The highest BCUT2D eigenvalue weighted by Gasteiger charge is 2.51. The number of nitrogens with zero attached hydrogens (tertiary/aromatic N) is 2. The fourth-order valence-corrected chi connectivity index (χ4v) is 13.6. The summed E-state index contributed by atoms with van der Waals surface area (Å²) in [6, 6.07) is 115. The molecule has 0 amide bonds. The van der Waals surface area contributed by atoms with Crippen molar-refractivity contribution in [2.24, 2.45) is 0 Å². The van der Waals surface area contributed by atoms with Crippen molar-refractivity contribution in [3.8, 4) is 83.9 Å². The van der Waals surface area contributed by atoms with Crippen molar-refractivity contribution in [2.45, 2.75) is 5.41 Å². The molecular formula is C79H52N2O. The van der Waals surface area contributed by atoms with Gasteiger partial charge in [-0.05, 0) is 133 Å². The largest absolute Gasteiger partial charge is 0.457 e. The van der Waals surface area contributed by atoms with E-state index in [0.29, 0.717) is 0 Å². The Balaban J connectivity index is 0.857. The summed E-state index contributed by atoms with van der Waals surface area (Å²) in [4.78, 5) is 2.44. The van der Waals surface area contributed by atoms with Gasteiger partial charge in [0.25, 0.3) is 0 Å². The second-order valence-electron chi connectivity index (χ2n) is 21.4. The van der Waals surface area contributed by atoms with Crippen molar-refractivity contribution in [3.05, 3.63) is 338 Å². The Kier molecular flexibility index (Phi) is 11.1. The van der Waals surface area contributed by atoms with E-state index < -0.39 is 5.41 Å². The van der Waals surface area contributed by atoms with Crippen LogP contribution in [0.1, 0.15) is 22.3 Å². The lowest BCUT2D eigenvalue weighted by molar-refractivity contribution is 0.436. The van der Waals surface area contributed by atoms with Crippen molar-refractivity contribution in [1.29, 1.82) is 0 Å². The van der Waals surface area contributed by atoms with Gasteiger partial charge in [0, 0.05) is 50.1 Å². The van der Waals surface area contributed by atoms with Gasteiger partial charge in [-0.3, -0.25) is 0 Å². The minimum absolute atomic E-state index is 0.554. The predicted octanol–water partition coefficient (Wildman–Crippen LogP) is 21.1. The number of benzene rings is 13. The quantitative estimate of drug-likeness (QED) is 0.143. The molecule has 3 heteroatoms. The van der Waals surface area contributed by atoms with E-state index in [1.54, 1.807) is 0 Å². The van der Waals surface area contributed by atoms with Crippen molar-refractivity contribution < 1.29 is 4.74 Å². The Bertz CT molecular complexity index is 4720. The minimum atomic E-state index is -0.554. The molecule has 1 aliphatic heterocycles. The lowest BCUT2D eigenvalue weighted by Crippen LogP contribution is -2.32. The van der Waals surface area contributed by atoms with E-state index in [4.69, 9.17) is 4.74 Å². The summed E-state index contributed by atoms with van der Waals surface area (Å²) in [5, 5.41) is 2.47. The van der Waals surface area contributed by atoms with E-state index in [9.17, 15) is 0 Å². The van der Waals surface area contributed by atoms with E-state index in [2.05, 4.69) is 325 Å². The van der Waals surface area contributed by atoms with E-state index in [1.165, 1.54) is 71.9 Å². The van der Waals surface area contributed by atoms with Gasteiger partial charge >= 0.3 is 0 Å². The molecule has 13 aromatic carbocycles. The van der Waals surface area contributed by atoms with Gasteiger partial charge in [-0.2, -0.15) is 0 Å². The monoisotopic (exact) mass is 1040 g/mol. The molecule has 2 aliphatic rings. The van der Waals surface area contributed by atoms with E-state index in [0.717, 1.165) is 73.2 Å². The summed E-state index contributed by atoms with van der Waals surface area (Å²) in [7, 11) is 0. The van der Waals surface area contributed by atoms with Gasteiger partial charge in [-0.15, -0.1) is 0 Å². The zero-order valence-corrected chi connectivity index (χ0v) is 44.8. The van der Waals surface area contributed by atoms with Crippen LogP contribution in [-0.2, 0) is 5.41 Å². The molecule has 0 radical (unpaired) electrons. The zero-order chi connectivity index (χ0) is 54.1. The number of para-hydroxylation sites is 6. The molecule has 14 aromatic rings. The first-order valence-electron chi connectivity index (χ1n) is 28.2. The number of aromatic nitrogens is 1. The average Bonchev–Trinajstić information content (AvgIpc) is 3.10. The molecule has 0 saturated heterocycles. The fourth-order valence-electron chi connectivity index (χ4n) is 13.6. The van der Waals surface area contributed by atoms with Crippen molar-refractivity contribution in [3.63, 3.8) is 0 Å². The SMILES string of the molecule is c1ccc(-c2ccccc2-c2ccccc2-c2ccccc2N(c2ccc(-c3ccc4c(c3)C3(c5ccccc5Oc5ccccc53)c3ccccc3-4)cc2)c2ccc(-c3cccc4c5ccccc5n(-c5ccccc5)c34)cc2)cc1. The third kappa shape index (κ3) is 7.37. The predicted molar refractivity (Wildman–Crippen MR) is 340 cm³/mol. The summed E-state index contributed by atoms with van der Waals surface area (Å²) >= 11 is 0. The van der Waals surface area contributed by atoms with Gasteiger partial charge in [0.1, 0.15) is 11.5 Å². The molecule has 1 spiro atoms. The average molecular weight is 1050 g/mol. The van der Waals surface area contributed by atoms with Gasteiger partial charge < -0.3 is 14.2 Å². The number of ether oxygens (including phenoxy) is 1. The second-order valence-corrected chi connectivity index (χ2v) is 21.4. The summed E-state index contributed by atoms with van der Waals surface area (Å²) in [5.41, 5.74) is 25.2. The van der Waals surface area contributed by atoms with E-state index >= 15 is 0 Å². The maximum Gasteiger partial charge on any atom is 0.132 e. The molecule has 82 heavy (non-hydrogen) atoms. The van der Waals surface area contributed by atoms with Crippen LogP contribution < -0.4 is 9.64 Å². The molecule has 0 N–H and O–H groups in total. The Hall–Kier alpha value is -10.7. The second kappa shape index (κ2) is 19.3. The van der Waals surface area contributed by atoms with E-state index in [1.807, 2.05) is 0 Å². The highest BCUT2D eigenvalue weighted by molar-refractivity contribution is 6.14. The van der Waals surface area contributed by atoms with Gasteiger partial charge in [-0.25, -0.2) is 0 Å². The summed E-state index contributed by atoms with van der Waals surface area (Å²) in [6.45, 7) is 0. The van der Waals surface area contributed by atoms with Crippen molar-refractivity contribution >= 4 is 38.9 Å². The summed E-state index contributed by atoms with van der Waals surface area (Å²) in [5.74, 6) is 1.78. The molecular weight excluding hydrogens is 993 g/mol. The smallest absolute Gasteiger partial charge is 0.132 e. The molecule has 16 rings (SSSR count). The molecule has 384 valence electrons. The van der Waals surface area contributed by atoms with Crippen molar-refractivity contribution in [2.75, 3.05) is 4.90 Å². The third-order valence-corrected chi connectivity index (χ3v) is 17.1. The molecule has 0 saturated carbocycles.